The molecule has 0 N–H and O–H groups in total. The van der Waals surface area contributed by atoms with E-state index in [1.807, 2.05) is 24.8 Å². The fourth-order valence-corrected chi connectivity index (χ4v) is 9.08. The van der Waals surface area contributed by atoms with Crippen LogP contribution in [0.5, 0.6) is 0 Å². The SMILES string of the molecule is CCCCCCCCC=CCCCCCCCCN(CCCCN(CCCCCCCC/C=C\CCCCCCCC)CC(C)C[n+]1ccncc1)CC(C)C[n+]1ccncc1. The Balaban J connectivity index is 1.72. The van der Waals surface area contributed by atoms with Gasteiger partial charge in [-0.05, 0) is 103 Å². The summed E-state index contributed by atoms with van der Waals surface area (Å²) >= 11 is 0. The minimum Gasteiger partial charge on any atom is -0.303 e. The van der Waals surface area contributed by atoms with Crippen molar-refractivity contribution in [3.05, 3.63) is 73.9 Å². The van der Waals surface area contributed by atoms with Crippen LogP contribution in [0.2, 0.25) is 0 Å². The first-order chi connectivity index (χ1) is 30.6. The molecule has 0 fully saturated rings. The topological polar surface area (TPSA) is 40.0 Å². The third-order valence-electron chi connectivity index (χ3n) is 12.7. The van der Waals surface area contributed by atoms with E-state index in [1.165, 1.54) is 232 Å². The summed E-state index contributed by atoms with van der Waals surface area (Å²) in [6.07, 6.45) is 66.9. The quantitative estimate of drug-likeness (QED) is 0.0378. The van der Waals surface area contributed by atoms with Crippen molar-refractivity contribution in [3.63, 3.8) is 0 Å². The molecule has 0 aliphatic rings. The van der Waals surface area contributed by atoms with Crippen molar-refractivity contribution in [2.45, 2.75) is 233 Å². The van der Waals surface area contributed by atoms with Gasteiger partial charge in [0.15, 0.2) is 37.9 Å². The summed E-state index contributed by atoms with van der Waals surface area (Å²) in [5.41, 5.74) is 0. The zero-order valence-electron chi connectivity index (χ0n) is 41.6. The number of rotatable bonds is 45. The second-order valence-corrected chi connectivity index (χ2v) is 19.3. The maximum atomic E-state index is 4.24. The van der Waals surface area contributed by atoms with Crippen molar-refractivity contribution in [1.82, 2.24) is 19.8 Å². The van der Waals surface area contributed by atoms with Gasteiger partial charge >= 0.3 is 0 Å². The van der Waals surface area contributed by atoms with Gasteiger partial charge in [-0.25, -0.2) is 9.13 Å². The van der Waals surface area contributed by atoms with Crippen LogP contribution in [0.3, 0.4) is 0 Å². The average molecular weight is 859 g/mol. The molecule has 0 bridgehead atoms. The highest BCUT2D eigenvalue weighted by molar-refractivity contribution is 4.82. The first-order valence-corrected chi connectivity index (χ1v) is 26.9. The van der Waals surface area contributed by atoms with E-state index in [-0.39, 0.29) is 0 Å². The van der Waals surface area contributed by atoms with Gasteiger partial charge in [0, 0.05) is 24.9 Å². The molecule has 0 radical (unpaired) electrons. The van der Waals surface area contributed by atoms with Crippen LogP contribution >= 0.6 is 0 Å². The van der Waals surface area contributed by atoms with E-state index < -0.39 is 0 Å². The second kappa shape index (κ2) is 42.5. The van der Waals surface area contributed by atoms with Gasteiger partial charge < -0.3 is 9.80 Å². The van der Waals surface area contributed by atoms with Crippen LogP contribution in [-0.2, 0) is 13.1 Å². The van der Waals surface area contributed by atoms with E-state index in [0.717, 1.165) is 13.1 Å². The van der Waals surface area contributed by atoms with Crippen LogP contribution < -0.4 is 9.13 Å². The Morgan fingerprint density at radius 1 is 0.371 bits per heavy atom. The Bertz CT molecular complexity index is 1150. The fraction of sp³-hybridized carbons (Fsp3) is 0.786. The van der Waals surface area contributed by atoms with Gasteiger partial charge in [-0.3, -0.25) is 9.97 Å². The first-order valence-electron chi connectivity index (χ1n) is 26.9. The number of nitrogens with zero attached hydrogens (tertiary/aromatic N) is 6. The van der Waals surface area contributed by atoms with Gasteiger partial charge in [0.2, 0.25) is 0 Å². The normalized spacial score (nSPS) is 13.1. The lowest BCUT2D eigenvalue weighted by Gasteiger charge is -2.27. The minimum absolute atomic E-state index is 0.617. The van der Waals surface area contributed by atoms with Crippen molar-refractivity contribution in [2.24, 2.45) is 11.8 Å². The van der Waals surface area contributed by atoms with Gasteiger partial charge in [0.1, 0.15) is 0 Å². The van der Waals surface area contributed by atoms with Crippen LogP contribution in [0.4, 0.5) is 0 Å². The van der Waals surface area contributed by atoms with Crippen LogP contribution in [0.1, 0.15) is 220 Å². The van der Waals surface area contributed by atoms with E-state index in [4.69, 9.17) is 0 Å². The second-order valence-electron chi connectivity index (χ2n) is 19.3. The summed E-state index contributed by atoms with van der Waals surface area (Å²) in [5, 5.41) is 0. The molecule has 2 unspecified atom stereocenters. The number of aromatic nitrogens is 4. The van der Waals surface area contributed by atoms with Crippen LogP contribution in [-0.4, -0.2) is 59.0 Å². The smallest absolute Gasteiger partial charge is 0.187 e. The molecule has 0 spiro atoms. The molecule has 0 aromatic carbocycles. The summed E-state index contributed by atoms with van der Waals surface area (Å²) < 4.78 is 4.61. The molecule has 0 saturated heterocycles. The Kier molecular flexibility index (Phi) is 38.2. The molecule has 6 heteroatoms. The van der Waals surface area contributed by atoms with Gasteiger partial charge in [-0.15, -0.1) is 0 Å². The van der Waals surface area contributed by atoms with Crippen molar-refractivity contribution in [3.8, 4) is 0 Å². The van der Waals surface area contributed by atoms with Gasteiger partial charge in [0.25, 0.3) is 0 Å². The summed E-state index contributed by atoms with van der Waals surface area (Å²) in [7, 11) is 0. The van der Waals surface area contributed by atoms with Crippen LogP contribution in [0.15, 0.2) is 73.9 Å². The van der Waals surface area contributed by atoms with E-state index in [9.17, 15) is 0 Å². The summed E-state index contributed by atoms with van der Waals surface area (Å²) in [6, 6.07) is 0. The van der Waals surface area contributed by atoms with Crippen LogP contribution in [0.25, 0.3) is 0 Å². The minimum atomic E-state index is 0.617. The molecule has 62 heavy (non-hydrogen) atoms. The summed E-state index contributed by atoms with van der Waals surface area (Å²) in [5.74, 6) is 1.23. The number of hydrogen-bond donors (Lipinski definition) is 0. The highest BCUT2D eigenvalue weighted by Crippen LogP contribution is 2.14. The zero-order chi connectivity index (χ0) is 44.2. The molecule has 354 valence electrons. The standard InChI is InChI=1S/C56H102N6/c1-5-7-9-11-13-15-17-19-21-23-25-27-29-31-33-35-43-59(51-55(3)53-61-47-39-57-40-48-61)45-37-38-46-60(52-56(4)54-62-49-41-58-42-50-62)44-36-34-32-30-28-26-24-22-20-18-16-14-12-10-8-6-2/h19-22,39-42,47-50,55-56H,5-18,23-38,43-46,51-54H2,1-4H3/q+2/b21-19-,22-20?. The first kappa shape index (κ1) is 55.7. The molecule has 0 saturated carbocycles. The van der Waals surface area contributed by atoms with E-state index in [1.54, 1.807) is 0 Å². The molecule has 2 atom stereocenters. The highest BCUT2D eigenvalue weighted by atomic mass is 15.1. The Morgan fingerprint density at radius 2 is 0.629 bits per heavy atom. The van der Waals surface area contributed by atoms with Crippen molar-refractivity contribution in [2.75, 3.05) is 39.3 Å². The predicted molar refractivity (Wildman–Crippen MR) is 268 cm³/mol. The van der Waals surface area contributed by atoms with Crippen molar-refractivity contribution in [1.29, 1.82) is 0 Å². The monoisotopic (exact) mass is 859 g/mol. The molecular weight excluding hydrogens is 757 g/mol. The maximum absolute atomic E-state index is 4.24. The fourth-order valence-electron chi connectivity index (χ4n) is 9.08. The number of allylic oxidation sites excluding steroid dienone is 4. The number of unbranched alkanes of at least 4 members (excludes halogenated alkanes) is 25. The molecule has 0 aliphatic heterocycles. The largest absolute Gasteiger partial charge is 0.303 e. The lowest BCUT2D eigenvalue weighted by Crippen LogP contribution is -2.41. The molecular formula is C56H102N6+2. The van der Waals surface area contributed by atoms with Crippen LogP contribution in [0, 0.1) is 11.8 Å². The van der Waals surface area contributed by atoms with Gasteiger partial charge in [-0.1, -0.05) is 168 Å². The Morgan fingerprint density at radius 3 is 0.935 bits per heavy atom. The van der Waals surface area contributed by atoms with E-state index in [0.29, 0.717) is 11.8 Å². The lowest BCUT2D eigenvalue weighted by molar-refractivity contribution is -0.703. The molecule has 0 aliphatic carbocycles. The Labute approximate surface area is 385 Å². The number of hydrogen-bond acceptors (Lipinski definition) is 4. The van der Waals surface area contributed by atoms with E-state index >= 15 is 0 Å². The van der Waals surface area contributed by atoms with Crippen molar-refractivity contribution < 1.29 is 9.13 Å². The van der Waals surface area contributed by atoms with Crippen molar-refractivity contribution >= 4 is 0 Å². The molecule has 2 rings (SSSR count). The third kappa shape index (κ3) is 35.0. The highest BCUT2D eigenvalue weighted by Gasteiger charge is 2.17. The predicted octanol–water partition coefficient (Wildman–Crippen LogP) is 14.5. The molecule has 2 aromatic rings. The molecule has 2 heterocycles. The van der Waals surface area contributed by atoms with Gasteiger partial charge in [-0.2, -0.15) is 0 Å². The van der Waals surface area contributed by atoms with Gasteiger partial charge in [0.05, 0.1) is 24.8 Å². The summed E-state index contributed by atoms with van der Waals surface area (Å²) in [4.78, 5) is 14.1. The third-order valence-corrected chi connectivity index (χ3v) is 12.7. The lowest BCUT2D eigenvalue weighted by atomic mass is 10.1. The van der Waals surface area contributed by atoms with E-state index in [2.05, 4.69) is 106 Å². The maximum Gasteiger partial charge on any atom is 0.187 e. The molecule has 0 amide bonds. The molecule has 2 aromatic heterocycles. The zero-order valence-corrected chi connectivity index (χ0v) is 41.6. The average Bonchev–Trinajstić information content (AvgIpc) is 3.27. The molecule has 6 nitrogen and oxygen atoms in total. The summed E-state index contributed by atoms with van der Waals surface area (Å²) in [6.45, 7) is 18.9. The Hall–Kier alpha value is -2.44.